The third kappa shape index (κ3) is 1.86. The molecule has 3 rings (SSSR count). The zero-order valence-electron chi connectivity index (χ0n) is 11.5. The highest BCUT2D eigenvalue weighted by molar-refractivity contribution is 5.92. The summed E-state index contributed by atoms with van der Waals surface area (Å²) in [7, 11) is 0. The number of aromatic nitrogens is 3. The minimum Gasteiger partial charge on any atom is -0.512 e. The summed E-state index contributed by atoms with van der Waals surface area (Å²) in [4.78, 5) is 8.24. The lowest BCUT2D eigenvalue weighted by Gasteiger charge is -2.16. The van der Waals surface area contributed by atoms with E-state index in [2.05, 4.69) is 9.97 Å². The second-order valence-corrected chi connectivity index (χ2v) is 4.89. The van der Waals surface area contributed by atoms with Gasteiger partial charge in [0.25, 0.3) is 0 Å². The summed E-state index contributed by atoms with van der Waals surface area (Å²) in [6.45, 7) is 1.64. The number of hydrogen-bond acceptors (Lipinski definition) is 8. The van der Waals surface area contributed by atoms with Gasteiger partial charge in [0.2, 0.25) is 6.23 Å². The van der Waals surface area contributed by atoms with Gasteiger partial charge >= 0.3 is 0 Å². The van der Waals surface area contributed by atoms with Crippen molar-refractivity contribution in [1.82, 2.24) is 14.5 Å². The molecular weight excluding hydrogens is 290 g/mol. The second-order valence-electron chi connectivity index (χ2n) is 4.89. The molecule has 0 spiro atoms. The molecule has 9 nitrogen and oxygen atoms in total. The number of aliphatic hydroxyl groups is 3. The number of aryl methyl sites for hydroxylation is 1. The van der Waals surface area contributed by atoms with E-state index in [1.54, 1.807) is 6.92 Å². The van der Waals surface area contributed by atoms with Crippen molar-refractivity contribution in [2.24, 2.45) is 0 Å². The van der Waals surface area contributed by atoms with Crippen LogP contribution in [0.4, 0.5) is 5.82 Å². The average molecular weight is 303 g/mol. The van der Waals surface area contributed by atoms with Gasteiger partial charge in [-0.2, -0.15) is 5.26 Å². The van der Waals surface area contributed by atoms with Crippen LogP contribution < -0.4 is 5.73 Å². The summed E-state index contributed by atoms with van der Waals surface area (Å²) in [5, 5.41) is 38.5. The van der Waals surface area contributed by atoms with Gasteiger partial charge in [0.05, 0.1) is 10.9 Å². The number of anilines is 1. The van der Waals surface area contributed by atoms with Crippen LogP contribution in [-0.2, 0) is 4.74 Å². The Balaban J connectivity index is 2.23. The molecule has 2 aromatic heterocycles. The molecule has 0 aliphatic carbocycles. The summed E-state index contributed by atoms with van der Waals surface area (Å²) >= 11 is 0. The van der Waals surface area contributed by atoms with E-state index in [4.69, 9.17) is 15.6 Å². The quantitative estimate of drug-likeness (QED) is 0.531. The normalized spacial score (nSPS) is 26.3. The highest BCUT2D eigenvalue weighted by Gasteiger charge is 2.42. The highest BCUT2D eigenvalue weighted by atomic mass is 16.6. The number of aliphatic hydroxyl groups excluding tert-OH is 3. The zero-order chi connectivity index (χ0) is 16.0. The number of nitrogens with two attached hydrogens (primary N) is 1. The van der Waals surface area contributed by atoms with E-state index in [1.165, 1.54) is 10.8 Å². The minimum atomic E-state index is -1.38. The van der Waals surface area contributed by atoms with Crippen molar-refractivity contribution in [2.45, 2.75) is 25.4 Å². The van der Waals surface area contributed by atoms with Gasteiger partial charge in [-0.15, -0.1) is 0 Å². The molecule has 0 unspecified atom stereocenters. The van der Waals surface area contributed by atoms with Crippen molar-refractivity contribution >= 4 is 16.9 Å². The minimum absolute atomic E-state index is 0.142. The van der Waals surface area contributed by atoms with E-state index < -0.39 is 18.4 Å². The van der Waals surface area contributed by atoms with Crippen molar-refractivity contribution in [3.05, 3.63) is 29.6 Å². The fraction of sp³-hybridized carbons (Fsp3) is 0.308. The van der Waals surface area contributed by atoms with Gasteiger partial charge in [0.15, 0.2) is 5.76 Å². The molecule has 0 saturated carbocycles. The van der Waals surface area contributed by atoms with E-state index in [1.807, 2.05) is 6.07 Å². The molecule has 1 aliphatic rings. The van der Waals surface area contributed by atoms with Crippen molar-refractivity contribution in [3.63, 3.8) is 0 Å². The summed E-state index contributed by atoms with van der Waals surface area (Å²) < 4.78 is 6.72. The maximum absolute atomic E-state index is 10.1. The molecule has 114 valence electrons. The number of rotatable bonds is 1. The molecule has 22 heavy (non-hydrogen) atoms. The van der Waals surface area contributed by atoms with Crippen LogP contribution in [0.1, 0.15) is 17.6 Å². The van der Waals surface area contributed by atoms with Crippen LogP contribution in [-0.4, -0.2) is 42.1 Å². The first-order valence-electron chi connectivity index (χ1n) is 6.39. The van der Waals surface area contributed by atoms with Gasteiger partial charge in [-0.05, 0) is 6.92 Å². The van der Waals surface area contributed by atoms with Crippen molar-refractivity contribution in [3.8, 4) is 6.07 Å². The summed E-state index contributed by atoms with van der Waals surface area (Å²) in [5.74, 6) is 0.361. The van der Waals surface area contributed by atoms with Crippen molar-refractivity contribution in [2.75, 3.05) is 5.73 Å². The molecule has 0 amide bonds. The Morgan fingerprint density at radius 3 is 2.77 bits per heavy atom. The maximum atomic E-state index is 10.1. The standard InChI is InChI=1S/C13H13N5O4/c1-5-16-11(15)8-6(2-14)3-18(12(8)17-5)13-10(21)9(20)7(4-19)22-13/h3-4,9-10,13,19-21H,1H3,(H2,15,16,17)/b7-4+/t9-,10-,13-/m1/s1. The van der Waals surface area contributed by atoms with Crippen LogP contribution in [0.25, 0.3) is 11.0 Å². The molecule has 9 heteroatoms. The van der Waals surface area contributed by atoms with Crippen LogP contribution in [0.2, 0.25) is 0 Å². The summed E-state index contributed by atoms with van der Waals surface area (Å²) in [5.41, 5.74) is 6.37. The van der Waals surface area contributed by atoms with Crippen LogP contribution in [0.15, 0.2) is 18.2 Å². The Kier molecular flexibility index (Phi) is 3.13. The number of nitrogen functional groups attached to an aromatic ring is 1. The third-order valence-corrected chi connectivity index (χ3v) is 3.50. The fourth-order valence-electron chi connectivity index (χ4n) is 2.50. The number of ether oxygens (including phenoxy) is 1. The Morgan fingerprint density at radius 1 is 1.45 bits per heavy atom. The Labute approximate surface area is 124 Å². The van der Waals surface area contributed by atoms with Gasteiger partial charge in [-0.3, -0.25) is 4.57 Å². The number of hydrogen-bond donors (Lipinski definition) is 4. The first-order valence-corrected chi connectivity index (χ1v) is 6.39. The highest BCUT2D eigenvalue weighted by Crippen LogP contribution is 2.35. The van der Waals surface area contributed by atoms with Crippen LogP contribution in [0.5, 0.6) is 0 Å². The van der Waals surface area contributed by atoms with Crippen molar-refractivity contribution in [1.29, 1.82) is 5.26 Å². The lowest BCUT2D eigenvalue weighted by atomic mass is 10.2. The summed E-state index contributed by atoms with van der Waals surface area (Å²) in [6, 6.07) is 1.98. The number of nitrogens with zero attached hydrogens (tertiary/aromatic N) is 4. The first kappa shape index (κ1) is 14.1. The van der Waals surface area contributed by atoms with Gasteiger partial charge in [0, 0.05) is 6.20 Å². The SMILES string of the molecule is Cc1nc(N)c2c(C#N)cn([C@@H]3O/C(=C/O)[C@@H](O)[C@H]3O)c2n1. The zero-order valence-corrected chi connectivity index (χ0v) is 11.5. The molecule has 1 saturated heterocycles. The largest absolute Gasteiger partial charge is 0.512 e. The lowest BCUT2D eigenvalue weighted by Crippen LogP contribution is -2.27. The molecule has 3 atom stereocenters. The van der Waals surface area contributed by atoms with E-state index in [0.29, 0.717) is 23.1 Å². The topological polar surface area (TPSA) is 150 Å². The third-order valence-electron chi connectivity index (χ3n) is 3.50. The molecule has 0 radical (unpaired) electrons. The molecule has 2 aromatic rings. The average Bonchev–Trinajstić information content (AvgIpc) is 2.98. The van der Waals surface area contributed by atoms with E-state index in [0.717, 1.165) is 0 Å². The van der Waals surface area contributed by atoms with Gasteiger partial charge in [0.1, 0.15) is 41.8 Å². The molecule has 1 aliphatic heterocycles. The summed E-state index contributed by atoms with van der Waals surface area (Å²) in [6.07, 6.45) is -1.77. The number of fused-ring (bicyclic) bond motifs is 1. The Bertz CT molecular complexity index is 822. The number of nitriles is 1. The van der Waals surface area contributed by atoms with Crippen LogP contribution in [0, 0.1) is 18.3 Å². The molecule has 3 heterocycles. The van der Waals surface area contributed by atoms with Crippen LogP contribution in [0.3, 0.4) is 0 Å². The predicted molar refractivity (Wildman–Crippen MR) is 74.2 cm³/mol. The van der Waals surface area contributed by atoms with Crippen LogP contribution >= 0.6 is 0 Å². The first-order chi connectivity index (χ1) is 10.5. The molecule has 0 aromatic carbocycles. The van der Waals surface area contributed by atoms with E-state index in [-0.39, 0.29) is 17.1 Å². The van der Waals surface area contributed by atoms with Gasteiger partial charge < -0.3 is 25.8 Å². The molecular formula is C13H13N5O4. The molecule has 0 bridgehead atoms. The lowest BCUT2D eigenvalue weighted by molar-refractivity contribution is -0.0118. The second kappa shape index (κ2) is 4.87. The monoisotopic (exact) mass is 303 g/mol. The van der Waals surface area contributed by atoms with Gasteiger partial charge in [-0.25, -0.2) is 9.97 Å². The van der Waals surface area contributed by atoms with Crippen molar-refractivity contribution < 1.29 is 20.1 Å². The Morgan fingerprint density at radius 2 is 2.18 bits per heavy atom. The van der Waals surface area contributed by atoms with E-state index >= 15 is 0 Å². The fourth-order valence-corrected chi connectivity index (χ4v) is 2.50. The Hall–Kier alpha value is -2.83. The molecule has 5 N–H and O–H groups in total. The molecule has 1 fully saturated rings. The van der Waals surface area contributed by atoms with E-state index in [9.17, 15) is 15.5 Å². The maximum Gasteiger partial charge on any atom is 0.206 e. The smallest absolute Gasteiger partial charge is 0.206 e. The predicted octanol–water partition coefficient (Wildman–Crippen LogP) is -0.156. The van der Waals surface area contributed by atoms with Gasteiger partial charge in [-0.1, -0.05) is 0 Å².